The summed E-state index contributed by atoms with van der Waals surface area (Å²) in [5.74, 6) is 2.38. The van der Waals surface area contributed by atoms with Crippen molar-refractivity contribution in [2.75, 3.05) is 0 Å². The highest BCUT2D eigenvalue weighted by molar-refractivity contribution is 5.91. The summed E-state index contributed by atoms with van der Waals surface area (Å²) in [7, 11) is 0. The first-order valence-electron chi connectivity index (χ1n) is 9.40. The molecule has 2 aliphatic rings. The van der Waals surface area contributed by atoms with Gasteiger partial charge in [-0.15, -0.1) is 0 Å². The van der Waals surface area contributed by atoms with Crippen molar-refractivity contribution >= 4 is 5.78 Å². The molecular weight excluding hydrogens is 268 g/mol. The maximum absolute atomic E-state index is 11.6. The molecule has 0 N–H and O–H groups in total. The van der Waals surface area contributed by atoms with E-state index in [9.17, 15) is 4.79 Å². The van der Waals surface area contributed by atoms with Gasteiger partial charge in [0.15, 0.2) is 0 Å². The van der Waals surface area contributed by atoms with Gasteiger partial charge in [0, 0.05) is 12.3 Å². The summed E-state index contributed by atoms with van der Waals surface area (Å²) in [5, 5.41) is 0. The van der Waals surface area contributed by atoms with E-state index in [1.54, 1.807) is 0 Å². The number of Topliss-reactive ketones (excluding diaryl/α,β-unsaturated/α-hetero) is 1. The monoisotopic (exact) mass is 298 g/mol. The first-order chi connectivity index (χ1) is 10.8. The predicted molar refractivity (Wildman–Crippen MR) is 92.3 cm³/mol. The zero-order valence-corrected chi connectivity index (χ0v) is 14.0. The molecule has 1 aromatic rings. The molecule has 0 heterocycles. The van der Waals surface area contributed by atoms with Crippen molar-refractivity contribution in [3.8, 4) is 0 Å². The van der Waals surface area contributed by atoms with Crippen LogP contribution in [0.25, 0.3) is 0 Å². The summed E-state index contributed by atoms with van der Waals surface area (Å²) in [5.41, 5.74) is 2.75. The van der Waals surface area contributed by atoms with Crippen molar-refractivity contribution in [3.63, 3.8) is 0 Å². The first-order valence-corrected chi connectivity index (χ1v) is 9.40. The van der Waals surface area contributed by atoms with Crippen LogP contribution in [-0.2, 0) is 4.79 Å². The Morgan fingerprint density at radius 1 is 0.909 bits per heavy atom. The molecule has 0 bridgehead atoms. The van der Waals surface area contributed by atoms with Gasteiger partial charge in [0.1, 0.15) is 5.78 Å². The molecule has 2 aliphatic carbocycles. The summed E-state index contributed by atoms with van der Waals surface area (Å²) in [6, 6.07) is 9.01. The van der Waals surface area contributed by atoms with Crippen LogP contribution in [0, 0.1) is 5.92 Å². The minimum atomic E-state index is 0.211. The van der Waals surface area contributed by atoms with Crippen LogP contribution in [0.3, 0.4) is 0 Å². The zero-order valence-electron chi connectivity index (χ0n) is 14.0. The molecular formula is C21H30O. The average Bonchev–Trinajstić information content (AvgIpc) is 2.55. The van der Waals surface area contributed by atoms with Crippen molar-refractivity contribution in [3.05, 3.63) is 35.4 Å². The molecule has 0 amide bonds. The van der Waals surface area contributed by atoms with E-state index in [0.29, 0.717) is 5.78 Å². The van der Waals surface area contributed by atoms with Gasteiger partial charge in [-0.25, -0.2) is 0 Å². The standard InChI is InChI=1S/C21H30O/c1-2-3-4-5-16-6-8-17(9-7-16)18-10-12-19(13-11-18)20-14-15-21(20)22/h10-13,16-17,20H,2-9,14-15H2,1H3. The lowest BCUT2D eigenvalue weighted by atomic mass is 9.75. The molecule has 1 atom stereocenters. The normalized spacial score (nSPS) is 28.4. The average molecular weight is 298 g/mol. The van der Waals surface area contributed by atoms with E-state index in [0.717, 1.165) is 24.7 Å². The van der Waals surface area contributed by atoms with Crippen LogP contribution in [-0.4, -0.2) is 5.78 Å². The molecule has 2 fully saturated rings. The largest absolute Gasteiger partial charge is 0.299 e. The number of benzene rings is 1. The third kappa shape index (κ3) is 3.62. The predicted octanol–water partition coefficient (Wildman–Crippen LogP) is 5.99. The van der Waals surface area contributed by atoms with E-state index in [1.807, 2.05) is 0 Å². The fourth-order valence-corrected chi connectivity index (χ4v) is 4.23. The molecule has 0 radical (unpaired) electrons. The number of carbonyl (C=O) groups excluding carboxylic acids is 1. The highest BCUT2D eigenvalue weighted by Crippen LogP contribution is 2.39. The number of rotatable bonds is 6. The van der Waals surface area contributed by atoms with E-state index in [2.05, 4.69) is 31.2 Å². The smallest absolute Gasteiger partial charge is 0.140 e. The van der Waals surface area contributed by atoms with Gasteiger partial charge in [-0.05, 0) is 55.1 Å². The fourth-order valence-electron chi connectivity index (χ4n) is 4.23. The van der Waals surface area contributed by atoms with E-state index in [-0.39, 0.29) is 5.92 Å². The Kier molecular flexibility index (Phi) is 5.33. The van der Waals surface area contributed by atoms with Crippen LogP contribution >= 0.6 is 0 Å². The lowest BCUT2D eigenvalue weighted by Crippen LogP contribution is -2.23. The summed E-state index contributed by atoms with van der Waals surface area (Å²) in [6.07, 6.45) is 13.0. The van der Waals surface area contributed by atoms with Crippen molar-refractivity contribution in [1.82, 2.24) is 0 Å². The molecule has 22 heavy (non-hydrogen) atoms. The lowest BCUT2D eigenvalue weighted by molar-refractivity contribution is -0.125. The molecule has 0 spiro atoms. The Balaban J connectivity index is 1.49. The minimum absolute atomic E-state index is 0.211. The van der Waals surface area contributed by atoms with Crippen LogP contribution in [0.5, 0.6) is 0 Å². The summed E-state index contributed by atoms with van der Waals surface area (Å²) < 4.78 is 0. The molecule has 120 valence electrons. The molecule has 0 saturated heterocycles. The van der Waals surface area contributed by atoms with Gasteiger partial charge in [-0.1, -0.05) is 56.9 Å². The summed E-state index contributed by atoms with van der Waals surface area (Å²) in [6.45, 7) is 2.29. The van der Waals surface area contributed by atoms with Crippen molar-refractivity contribution in [1.29, 1.82) is 0 Å². The second-order valence-corrected chi connectivity index (χ2v) is 7.44. The maximum Gasteiger partial charge on any atom is 0.140 e. The molecule has 0 aromatic heterocycles. The van der Waals surface area contributed by atoms with Crippen molar-refractivity contribution < 1.29 is 4.79 Å². The molecule has 1 heteroatoms. The van der Waals surface area contributed by atoms with Crippen LogP contribution in [0.4, 0.5) is 0 Å². The van der Waals surface area contributed by atoms with E-state index >= 15 is 0 Å². The van der Waals surface area contributed by atoms with Crippen LogP contribution in [0.1, 0.15) is 94.1 Å². The van der Waals surface area contributed by atoms with Gasteiger partial charge in [-0.3, -0.25) is 4.79 Å². The second kappa shape index (κ2) is 7.44. The van der Waals surface area contributed by atoms with Gasteiger partial charge in [0.2, 0.25) is 0 Å². The van der Waals surface area contributed by atoms with E-state index in [4.69, 9.17) is 0 Å². The van der Waals surface area contributed by atoms with Gasteiger partial charge in [-0.2, -0.15) is 0 Å². The number of hydrogen-bond acceptors (Lipinski definition) is 1. The molecule has 1 aromatic carbocycles. The van der Waals surface area contributed by atoms with Gasteiger partial charge < -0.3 is 0 Å². The third-order valence-electron chi connectivity index (χ3n) is 5.94. The first kappa shape index (κ1) is 15.8. The quantitative estimate of drug-likeness (QED) is 0.590. The Morgan fingerprint density at radius 3 is 2.14 bits per heavy atom. The third-order valence-corrected chi connectivity index (χ3v) is 5.94. The molecule has 2 saturated carbocycles. The zero-order chi connectivity index (χ0) is 15.4. The Hall–Kier alpha value is -1.11. The number of carbonyl (C=O) groups is 1. The van der Waals surface area contributed by atoms with Crippen LogP contribution in [0.15, 0.2) is 24.3 Å². The van der Waals surface area contributed by atoms with E-state index in [1.165, 1.54) is 62.5 Å². The van der Waals surface area contributed by atoms with Gasteiger partial charge in [0.25, 0.3) is 0 Å². The topological polar surface area (TPSA) is 17.1 Å². The summed E-state index contributed by atoms with van der Waals surface area (Å²) in [4.78, 5) is 11.6. The molecule has 0 aliphatic heterocycles. The van der Waals surface area contributed by atoms with Gasteiger partial charge in [0.05, 0.1) is 0 Å². The van der Waals surface area contributed by atoms with E-state index < -0.39 is 0 Å². The SMILES string of the molecule is CCCCCC1CCC(c2ccc(C3CCC3=O)cc2)CC1. The number of hydrogen-bond donors (Lipinski definition) is 0. The summed E-state index contributed by atoms with van der Waals surface area (Å²) >= 11 is 0. The Bertz CT molecular complexity index is 479. The Morgan fingerprint density at radius 2 is 1.59 bits per heavy atom. The van der Waals surface area contributed by atoms with Gasteiger partial charge >= 0.3 is 0 Å². The maximum atomic E-state index is 11.6. The number of ketones is 1. The Labute approximate surface area is 135 Å². The number of unbranched alkanes of at least 4 members (excludes halogenated alkanes) is 2. The van der Waals surface area contributed by atoms with Crippen LogP contribution < -0.4 is 0 Å². The fraction of sp³-hybridized carbons (Fsp3) is 0.667. The minimum Gasteiger partial charge on any atom is -0.299 e. The molecule has 1 unspecified atom stereocenters. The van der Waals surface area contributed by atoms with Crippen molar-refractivity contribution in [2.24, 2.45) is 5.92 Å². The van der Waals surface area contributed by atoms with Crippen LogP contribution in [0.2, 0.25) is 0 Å². The molecule has 3 rings (SSSR count). The molecule has 1 nitrogen and oxygen atoms in total. The highest BCUT2D eigenvalue weighted by Gasteiger charge is 2.29. The van der Waals surface area contributed by atoms with Crippen molar-refractivity contribution in [2.45, 2.75) is 83.0 Å². The highest BCUT2D eigenvalue weighted by atomic mass is 16.1. The lowest BCUT2D eigenvalue weighted by Gasteiger charge is -2.29. The second-order valence-electron chi connectivity index (χ2n) is 7.44.